The van der Waals surface area contributed by atoms with E-state index in [4.69, 9.17) is 9.94 Å². The molecular formula is C26H30N4O4. The number of benzene rings is 2. The van der Waals surface area contributed by atoms with Gasteiger partial charge in [0.15, 0.2) is 0 Å². The highest BCUT2D eigenvalue weighted by molar-refractivity contribution is 5.94. The Kier molecular flexibility index (Phi) is 8.08. The highest BCUT2D eigenvalue weighted by Crippen LogP contribution is 2.21. The lowest BCUT2D eigenvalue weighted by Gasteiger charge is -2.30. The predicted octanol–water partition coefficient (Wildman–Crippen LogP) is 2.98. The van der Waals surface area contributed by atoms with Crippen LogP contribution in [0.1, 0.15) is 17.5 Å². The molecule has 2 heterocycles. The smallest absolute Gasteiger partial charge is 0.267 e. The molecule has 1 fully saturated rings. The topological polar surface area (TPSA) is 97.9 Å². The number of aromatic amines is 1. The summed E-state index contributed by atoms with van der Waals surface area (Å²) in [6.45, 7) is 4.55. The first-order valence-corrected chi connectivity index (χ1v) is 11.5. The van der Waals surface area contributed by atoms with Gasteiger partial charge in [0.05, 0.1) is 13.2 Å². The molecule has 4 rings (SSSR count). The minimum absolute atomic E-state index is 0.0708. The number of rotatable bonds is 9. The summed E-state index contributed by atoms with van der Waals surface area (Å²) in [4.78, 5) is 32.0. The number of nitrogens with zero attached hydrogens (tertiary/aromatic N) is 2. The molecule has 1 aliphatic rings. The molecule has 178 valence electrons. The van der Waals surface area contributed by atoms with Crippen LogP contribution in [0.15, 0.2) is 60.8 Å². The summed E-state index contributed by atoms with van der Waals surface area (Å²) in [5.74, 6) is -0.523. The monoisotopic (exact) mass is 462 g/mol. The van der Waals surface area contributed by atoms with Gasteiger partial charge in [0.1, 0.15) is 0 Å². The first-order chi connectivity index (χ1) is 16.6. The summed E-state index contributed by atoms with van der Waals surface area (Å²) in [6.07, 6.45) is 5.90. The van der Waals surface area contributed by atoms with Gasteiger partial charge in [-0.15, -0.1) is 0 Å². The molecule has 0 atom stereocenters. The molecule has 0 radical (unpaired) electrons. The maximum atomic E-state index is 13.4. The van der Waals surface area contributed by atoms with Crippen molar-refractivity contribution in [3.05, 3.63) is 71.9 Å². The normalized spacial score (nSPS) is 14.5. The average Bonchev–Trinajstić information content (AvgIpc) is 3.30. The fourth-order valence-corrected chi connectivity index (χ4v) is 4.15. The number of carbonyl (C=O) groups excluding carboxylic acids is 2. The minimum atomic E-state index is -0.594. The van der Waals surface area contributed by atoms with E-state index in [0.717, 1.165) is 60.6 Å². The van der Waals surface area contributed by atoms with Crippen LogP contribution in [0.5, 0.6) is 0 Å². The molecule has 3 aromatic rings. The van der Waals surface area contributed by atoms with Crippen LogP contribution >= 0.6 is 0 Å². The van der Waals surface area contributed by atoms with Crippen molar-refractivity contribution < 1.29 is 19.5 Å². The summed E-state index contributed by atoms with van der Waals surface area (Å²) in [5, 5.41) is 9.78. The van der Waals surface area contributed by atoms with E-state index in [0.29, 0.717) is 19.4 Å². The third-order valence-corrected chi connectivity index (χ3v) is 6.07. The zero-order valence-electron chi connectivity index (χ0n) is 19.1. The predicted molar refractivity (Wildman–Crippen MR) is 132 cm³/mol. The van der Waals surface area contributed by atoms with Gasteiger partial charge in [0.25, 0.3) is 5.91 Å². The molecule has 34 heavy (non-hydrogen) atoms. The van der Waals surface area contributed by atoms with Crippen molar-refractivity contribution in [2.75, 3.05) is 44.3 Å². The Balaban J connectivity index is 1.46. The lowest BCUT2D eigenvalue weighted by Crippen LogP contribution is -2.43. The Bertz CT molecular complexity index is 1130. The number of morpholine rings is 1. The van der Waals surface area contributed by atoms with Gasteiger partial charge in [0, 0.05) is 61.5 Å². The Morgan fingerprint density at radius 3 is 2.65 bits per heavy atom. The SMILES string of the molecule is O=C(C=Cc1ccc(N(CCN2CCOCC2)C(=O)CCc2c[nH]c3ccccc23)cc1)NO. The van der Waals surface area contributed by atoms with Crippen molar-refractivity contribution in [2.24, 2.45) is 0 Å². The molecule has 0 unspecified atom stereocenters. The van der Waals surface area contributed by atoms with Crippen molar-refractivity contribution >= 4 is 34.5 Å². The van der Waals surface area contributed by atoms with Crippen LogP contribution in [-0.2, 0) is 20.7 Å². The van der Waals surface area contributed by atoms with E-state index in [-0.39, 0.29) is 5.91 Å². The van der Waals surface area contributed by atoms with E-state index in [9.17, 15) is 9.59 Å². The lowest BCUT2D eigenvalue weighted by molar-refractivity contribution is -0.124. The summed E-state index contributed by atoms with van der Waals surface area (Å²) in [7, 11) is 0. The highest BCUT2D eigenvalue weighted by atomic mass is 16.5. The van der Waals surface area contributed by atoms with Gasteiger partial charge in [-0.3, -0.25) is 19.7 Å². The van der Waals surface area contributed by atoms with Gasteiger partial charge in [0.2, 0.25) is 5.91 Å². The van der Waals surface area contributed by atoms with Crippen LogP contribution in [0.25, 0.3) is 17.0 Å². The van der Waals surface area contributed by atoms with Crippen molar-refractivity contribution in [3.63, 3.8) is 0 Å². The van der Waals surface area contributed by atoms with E-state index in [2.05, 4.69) is 16.0 Å². The quantitative estimate of drug-likeness (QED) is 0.258. The zero-order chi connectivity index (χ0) is 23.8. The van der Waals surface area contributed by atoms with Gasteiger partial charge < -0.3 is 14.6 Å². The molecular weight excluding hydrogens is 432 g/mol. The van der Waals surface area contributed by atoms with Crippen LogP contribution in [0.4, 0.5) is 5.69 Å². The van der Waals surface area contributed by atoms with Gasteiger partial charge >= 0.3 is 0 Å². The maximum absolute atomic E-state index is 13.4. The number of para-hydroxylation sites is 1. The number of hydrogen-bond acceptors (Lipinski definition) is 5. The van der Waals surface area contributed by atoms with Gasteiger partial charge in [-0.25, -0.2) is 5.48 Å². The number of ether oxygens (including phenoxy) is 1. The number of aryl methyl sites for hydroxylation is 1. The zero-order valence-corrected chi connectivity index (χ0v) is 19.1. The number of amides is 2. The second kappa shape index (κ2) is 11.6. The third kappa shape index (κ3) is 6.11. The van der Waals surface area contributed by atoms with Crippen LogP contribution in [0.2, 0.25) is 0 Å². The first-order valence-electron chi connectivity index (χ1n) is 11.5. The molecule has 8 nitrogen and oxygen atoms in total. The molecule has 1 aromatic heterocycles. The molecule has 0 saturated carbocycles. The fraction of sp³-hybridized carbons (Fsp3) is 0.308. The number of anilines is 1. The first kappa shape index (κ1) is 23.7. The number of carbonyl (C=O) groups is 2. The van der Waals surface area contributed by atoms with E-state index < -0.39 is 5.91 Å². The second-order valence-electron chi connectivity index (χ2n) is 8.26. The molecule has 0 bridgehead atoms. The molecule has 8 heteroatoms. The Morgan fingerprint density at radius 1 is 1.12 bits per heavy atom. The average molecular weight is 463 g/mol. The lowest BCUT2D eigenvalue weighted by atomic mass is 10.1. The largest absolute Gasteiger partial charge is 0.379 e. The number of H-pyrrole nitrogens is 1. The number of nitrogens with one attached hydrogen (secondary N) is 2. The summed E-state index contributed by atoms with van der Waals surface area (Å²) < 4.78 is 5.44. The van der Waals surface area contributed by atoms with Gasteiger partial charge in [-0.05, 0) is 41.8 Å². The summed E-state index contributed by atoms with van der Waals surface area (Å²) >= 11 is 0. The minimum Gasteiger partial charge on any atom is -0.379 e. The van der Waals surface area contributed by atoms with Gasteiger partial charge in [-0.1, -0.05) is 30.3 Å². The van der Waals surface area contributed by atoms with E-state index in [1.165, 1.54) is 6.08 Å². The third-order valence-electron chi connectivity index (χ3n) is 6.07. The van der Waals surface area contributed by atoms with Crippen LogP contribution in [0, 0.1) is 0 Å². The summed E-state index contributed by atoms with van der Waals surface area (Å²) in [6, 6.07) is 15.6. The number of hydroxylamine groups is 1. The van der Waals surface area contributed by atoms with E-state index >= 15 is 0 Å². The van der Waals surface area contributed by atoms with Crippen molar-refractivity contribution in [3.8, 4) is 0 Å². The highest BCUT2D eigenvalue weighted by Gasteiger charge is 2.19. The fourth-order valence-electron chi connectivity index (χ4n) is 4.15. The maximum Gasteiger partial charge on any atom is 0.267 e. The van der Waals surface area contributed by atoms with Gasteiger partial charge in [-0.2, -0.15) is 0 Å². The van der Waals surface area contributed by atoms with Crippen molar-refractivity contribution in [1.29, 1.82) is 0 Å². The van der Waals surface area contributed by atoms with E-state index in [1.807, 2.05) is 53.6 Å². The molecule has 0 aliphatic carbocycles. The van der Waals surface area contributed by atoms with E-state index in [1.54, 1.807) is 11.6 Å². The number of aromatic nitrogens is 1. The Hall–Kier alpha value is -3.46. The Morgan fingerprint density at radius 2 is 1.88 bits per heavy atom. The summed E-state index contributed by atoms with van der Waals surface area (Å²) in [5.41, 5.74) is 5.40. The molecule has 1 saturated heterocycles. The molecule has 2 aromatic carbocycles. The molecule has 3 N–H and O–H groups in total. The van der Waals surface area contributed by atoms with Crippen molar-refractivity contribution in [1.82, 2.24) is 15.4 Å². The van der Waals surface area contributed by atoms with Crippen molar-refractivity contribution in [2.45, 2.75) is 12.8 Å². The van der Waals surface area contributed by atoms with Crippen LogP contribution in [0.3, 0.4) is 0 Å². The molecule has 0 spiro atoms. The van der Waals surface area contributed by atoms with Crippen LogP contribution in [-0.4, -0.2) is 66.3 Å². The standard InChI is InChI=1S/C26H30N4O4/c31-25(28-33)11-7-20-5-9-22(10-6-20)30(14-13-29-15-17-34-18-16-29)26(32)12-8-21-19-27-24-4-2-1-3-23(21)24/h1-7,9-11,19,27,33H,8,12-18H2,(H,28,31). The Labute approximate surface area is 198 Å². The molecule has 1 aliphatic heterocycles. The second-order valence-corrected chi connectivity index (χ2v) is 8.26. The van der Waals surface area contributed by atoms with Crippen LogP contribution < -0.4 is 10.4 Å². The number of hydrogen-bond donors (Lipinski definition) is 3. The number of fused-ring (bicyclic) bond motifs is 1. The molecule has 2 amide bonds.